The smallest absolute Gasteiger partial charge is 0.224 e. The van der Waals surface area contributed by atoms with Crippen LogP contribution in [0.5, 0.6) is 0 Å². The van der Waals surface area contributed by atoms with Crippen molar-refractivity contribution in [2.75, 3.05) is 31.3 Å². The Bertz CT molecular complexity index is 367. The number of rotatable bonds is 4. The van der Waals surface area contributed by atoms with Gasteiger partial charge in [-0.15, -0.1) is 0 Å². The van der Waals surface area contributed by atoms with Crippen molar-refractivity contribution in [3.05, 3.63) is 18.5 Å². The lowest BCUT2D eigenvalue weighted by molar-refractivity contribution is -0.123. The molecular formula is C11H18N4O. The quantitative estimate of drug-likeness (QED) is 0.777. The van der Waals surface area contributed by atoms with Crippen molar-refractivity contribution in [1.29, 1.82) is 0 Å². The average molecular weight is 222 g/mol. The summed E-state index contributed by atoms with van der Waals surface area (Å²) in [6.45, 7) is 2.51. The summed E-state index contributed by atoms with van der Waals surface area (Å²) in [5.74, 6) is -0.0415. The molecule has 0 radical (unpaired) electrons. The van der Waals surface area contributed by atoms with E-state index >= 15 is 0 Å². The molecule has 0 aliphatic carbocycles. The molecule has 1 amide bonds. The number of carbonyl (C=O) groups excluding carboxylic acids is 1. The minimum absolute atomic E-state index is 0.0312. The summed E-state index contributed by atoms with van der Waals surface area (Å²) in [5.41, 5.74) is 7.18. The number of nitrogens with two attached hydrogens (primary N) is 1. The minimum Gasteiger partial charge on any atom is -0.397 e. The first-order valence-electron chi connectivity index (χ1n) is 5.18. The number of nitrogens with zero attached hydrogens (tertiary/aromatic N) is 2. The standard InChI is InChI=1S/C11H18N4O/c1-8(11(16)13-2)7-15(3)10-4-9(12)5-14-6-10/h4-6,8H,7,12H2,1-3H3,(H,13,16)/t8-/m1/s1. The molecule has 0 bridgehead atoms. The number of hydrogen-bond acceptors (Lipinski definition) is 4. The molecule has 0 spiro atoms. The fraction of sp³-hybridized carbons (Fsp3) is 0.455. The van der Waals surface area contributed by atoms with Crippen LogP contribution in [0.4, 0.5) is 11.4 Å². The van der Waals surface area contributed by atoms with Gasteiger partial charge in [0.2, 0.25) is 5.91 Å². The molecule has 0 saturated carbocycles. The predicted octanol–water partition coefficient (Wildman–Crippen LogP) is 0.482. The molecule has 0 saturated heterocycles. The lowest BCUT2D eigenvalue weighted by Gasteiger charge is -2.22. The Balaban J connectivity index is 2.65. The lowest BCUT2D eigenvalue weighted by Crippen LogP contribution is -2.34. The SMILES string of the molecule is CNC(=O)[C@H](C)CN(C)c1cncc(N)c1. The molecule has 5 nitrogen and oxygen atoms in total. The molecule has 16 heavy (non-hydrogen) atoms. The van der Waals surface area contributed by atoms with Gasteiger partial charge < -0.3 is 16.0 Å². The number of nitrogens with one attached hydrogen (secondary N) is 1. The molecule has 5 heteroatoms. The molecule has 0 aliphatic heterocycles. The maximum atomic E-state index is 11.4. The Morgan fingerprint density at radius 2 is 2.31 bits per heavy atom. The van der Waals surface area contributed by atoms with Crippen molar-refractivity contribution in [1.82, 2.24) is 10.3 Å². The van der Waals surface area contributed by atoms with Crippen LogP contribution >= 0.6 is 0 Å². The summed E-state index contributed by atoms with van der Waals surface area (Å²) < 4.78 is 0. The van der Waals surface area contributed by atoms with Crippen LogP contribution in [0.15, 0.2) is 18.5 Å². The van der Waals surface area contributed by atoms with Crippen molar-refractivity contribution < 1.29 is 4.79 Å². The van der Waals surface area contributed by atoms with Gasteiger partial charge in [-0.05, 0) is 6.07 Å². The Labute approximate surface area is 95.7 Å². The number of amides is 1. The highest BCUT2D eigenvalue weighted by Crippen LogP contribution is 2.15. The first kappa shape index (κ1) is 12.3. The van der Waals surface area contributed by atoms with Crippen LogP contribution in [0.3, 0.4) is 0 Å². The van der Waals surface area contributed by atoms with E-state index in [-0.39, 0.29) is 11.8 Å². The van der Waals surface area contributed by atoms with E-state index in [2.05, 4.69) is 10.3 Å². The molecule has 1 aromatic rings. The molecular weight excluding hydrogens is 204 g/mol. The van der Waals surface area contributed by atoms with E-state index in [1.807, 2.05) is 24.9 Å². The predicted molar refractivity (Wildman–Crippen MR) is 65.2 cm³/mol. The zero-order chi connectivity index (χ0) is 12.1. The second-order valence-corrected chi connectivity index (χ2v) is 3.87. The maximum Gasteiger partial charge on any atom is 0.224 e. The van der Waals surface area contributed by atoms with Gasteiger partial charge in [-0.3, -0.25) is 9.78 Å². The van der Waals surface area contributed by atoms with Crippen LogP contribution in [0.25, 0.3) is 0 Å². The van der Waals surface area contributed by atoms with E-state index in [0.717, 1.165) is 5.69 Å². The maximum absolute atomic E-state index is 11.4. The van der Waals surface area contributed by atoms with Crippen molar-refractivity contribution >= 4 is 17.3 Å². The first-order valence-corrected chi connectivity index (χ1v) is 5.18. The zero-order valence-corrected chi connectivity index (χ0v) is 9.90. The summed E-state index contributed by atoms with van der Waals surface area (Å²) >= 11 is 0. The monoisotopic (exact) mass is 222 g/mol. The van der Waals surface area contributed by atoms with E-state index in [1.54, 1.807) is 19.4 Å². The third kappa shape index (κ3) is 3.12. The summed E-state index contributed by atoms with van der Waals surface area (Å²) in [4.78, 5) is 17.3. The van der Waals surface area contributed by atoms with Gasteiger partial charge in [-0.1, -0.05) is 6.92 Å². The Kier molecular flexibility index (Phi) is 4.10. The van der Waals surface area contributed by atoms with Crippen molar-refractivity contribution in [3.63, 3.8) is 0 Å². The number of anilines is 2. The molecule has 1 atom stereocenters. The number of hydrogen-bond donors (Lipinski definition) is 2. The van der Waals surface area contributed by atoms with Gasteiger partial charge in [-0.2, -0.15) is 0 Å². The van der Waals surface area contributed by atoms with Gasteiger partial charge in [0.15, 0.2) is 0 Å². The molecule has 1 rings (SSSR count). The molecule has 1 aromatic heterocycles. The van der Waals surface area contributed by atoms with Crippen molar-refractivity contribution in [2.45, 2.75) is 6.92 Å². The van der Waals surface area contributed by atoms with Crippen LogP contribution in [0, 0.1) is 5.92 Å². The normalized spacial score (nSPS) is 11.9. The third-order valence-corrected chi connectivity index (χ3v) is 2.43. The van der Waals surface area contributed by atoms with E-state index in [4.69, 9.17) is 5.73 Å². The number of carbonyl (C=O) groups is 1. The highest BCUT2D eigenvalue weighted by atomic mass is 16.1. The Hall–Kier alpha value is -1.78. The van der Waals surface area contributed by atoms with Crippen LogP contribution in [0.1, 0.15) is 6.92 Å². The van der Waals surface area contributed by atoms with Gasteiger partial charge in [0.25, 0.3) is 0 Å². The largest absolute Gasteiger partial charge is 0.397 e. The van der Waals surface area contributed by atoms with Crippen LogP contribution < -0.4 is 16.0 Å². The fourth-order valence-corrected chi connectivity index (χ4v) is 1.50. The number of pyridine rings is 1. The molecule has 88 valence electrons. The van der Waals surface area contributed by atoms with Gasteiger partial charge in [0.1, 0.15) is 0 Å². The zero-order valence-electron chi connectivity index (χ0n) is 9.90. The topological polar surface area (TPSA) is 71.2 Å². The van der Waals surface area contributed by atoms with Crippen LogP contribution in [-0.4, -0.2) is 31.5 Å². The second-order valence-electron chi connectivity index (χ2n) is 3.87. The van der Waals surface area contributed by atoms with Gasteiger partial charge in [0, 0.05) is 26.8 Å². The third-order valence-electron chi connectivity index (χ3n) is 2.43. The number of nitrogen functional groups attached to an aromatic ring is 1. The summed E-state index contributed by atoms with van der Waals surface area (Å²) in [6.07, 6.45) is 3.33. The average Bonchev–Trinajstić information content (AvgIpc) is 2.27. The van der Waals surface area contributed by atoms with Crippen molar-refractivity contribution in [2.24, 2.45) is 5.92 Å². The summed E-state index contributed by atoms with van der Waals surface area (Å²) in [5, 5.41) is 2.63. The fourth-order valence-electron chi connectivity index (χ4n) is 1.50. The van der Waals surface area contributed by atoms with Gasteiger partial charge >= 0.3 is 0 Å². The minimum atomic E-state index is -0.0727. The highest BCUT2D eigenvalue weighted by Gasteiger charge is 2.14. The van der Waals surface area contributed by atoms with E-state index in [0.29, 0.717) is 12.2 Å². The number of aromatic nitrogens is 1. The molecule has 0 aliphatic rings. The van der Waals surface area contributed by atoms with Crippen molar-refractivity contribution in [3.8, 4) is 0 Å². The molecule has 3 N–H and O–H groups in total. The van der Waals surface area contributed by atoms with Crippen LogP contribution in [-0.2, 0) is 4.79 Å². The molecule has 1 heterocycles. The highest BCUT2D eigenvalue weighted by molar-refractivity contribution is 5.78. The summed E-state index contributed by atoms with van der Waals surface area (Å²) in [6, 6.07) is 1.84. The summed E-state index contributed by atoms with van der Waals surface area (Å²) in [7, 11) is 3.55. The second kappa shape index (κ2) is 5.34. The molecule has 0 aromatic carbocycles. The first-order chi connectivity index (χ1) is 7.54. The lowest BCUT2D eigenvalue weighted by atomic mass is 10.1. The Morgan fingerprint density at radius 3 is 2.88 bits per heavy atom. The Morgan fingerprint density at radius 1 is 1.62 bits per heavy atom. The molecule has 0 fully saturated rings. The van der Waals surface area contributed by atoms with Gasteiger partial charge in [-0.25, -0.2) is 0 Å². The van der Waals surface area contributed by atoms with Gasteiger partial charge in [0.05, 0.1) is 23.5 Å². The van der Waals surface area contributed by atoms with E-state index < -0.39 is 0 Å². The molecule has 0 unspecified atom stereocenters. The van der Waals surface area contributed by atoms with Crippen LogP contribution in [0.2, 0.25) is 0 Å². The van der Waals surface area contributed by atoms with E-state index in [1.165, 1.54) is 0 Å². The van der Waals surface area contributed by atoms with E-state index in [9.17, 15) is 4.79 Å².